The Kier molecular flexibility index (Phi) is 5.04. The largest absolute Gasteiger partial charge is 0.507 e. The van der Waals surface area contributed by atoms with Crippen molar-refractivity contribution >= 4 is 28.8 Å². The molecule has 1 heterocycles. The number of carbonyl (C=O) groups is 2. The van der Waals surface area contributed by atoms with Crippen molar-refractivity contribution in [3.63, 3.8) is 0 Å². The van der Waals surface area contributed by atoms with E-state index in [4.69, 9.17) is 0 Å². The van der Waals surface area contributed by atoms with Gasteiger partial charge in [0.15, 0.2) is 0 Å². The van der Waals surface area contributed by atoms with E-state index in [1.807, 2.05) is 0 Å². The van der Waals surface area contributed by atoms with Gasteiger partial charge in [-0.2, -0.15) is 0 Å². The van der Waals surface area contributed by atoms with Gasteiger partial charge in [-0.3, -0.25) is 24.6 Å². The molecule has 1 aliphatic rings. The number of nitro groups is 1. The maximum Gasteiger partial charge on any atom is 0.300 e. The maximum atomic E-state index is 13.4. The summed E-state index contributed by atoms with van der Waals surface area (Å²) in [6.07, 6.45) is 0. The van der Waals surface area contributed by atoms with Gasteiger partial charge in [-0.15, -0.1) is 0 Å². The highest BCUT2D eigenvalue weighted by molar-refractivity contribution is 6.51. The number of halogens is 1. The van der Waals surface area contributed by atoms with Crippen LogP contribution < -0.4 is 4.90 Å². The number of hydrogen-bond acceptors (Lipinski definition) is 5. The lowest BCUT2D eigenvalue weighted by Crippen LogP contribution is -2.29. The average molecular weight is 418 g/mol. The number of carbonyl (C=O) groups excluding carboxylic acids is 2. The molecular formula is C23H15FN2O5. The summed E-state index contributed by atoms with van der Waals surface area (Å²) < 4.78 is 13.4. The number of amides is 1. The third-order valence-electron chi connectivity index (χ3n) is 5.02. The first-order valence-corrected chi connectivity index (χ1v) is 9.25. The van der Waals surface area contributed by atoms with Crippen LogP contribution in [-0.4, -0.2) is 21.7 Å². The van der Waals surface area contributed by atoms with Gasteiger partial charge in [0.05, 0.1) is 16.5 Å². The van der Waals surface area contributed by atoms with Gasteiger partial charge in [-0.05, 0) is 42.0 Å². The molecule has 0 spiro atoms. The summed E-state index contributed by atoms with van der Waals surface area (Å²) in [4.78, 5) is 37.5. The number of aliphatic hydroxyl groups is 1. The number of non-ortho nitro benzene ring substituents is 1. The van der Waals surface area contributed by atoms with Crippen LogP contribution in [0.25, 0.3) is 5.76 Å². The minimum Gasteiger partial charge on any atom is -0.507 e. The molecule has 1 amide bonds. The molecule has 0 bridgehead atoms. The van der Waals surface area contributed by atoms with E-state index in [1.165, 1.54) is 36.4 Å². The Balaban J connectivity index is 1.93. The average Bonchev–Trinajstić information content (AvgIpc) is 3.05. The van der Waals surface area contributed by atoms with Crippen LogP contribution in [0, 0.1) is 15.9 Å². The number of rotatable bonds is 4. The van der Waals surface area contributed by atoms with E-state index in [-0.39, 0.29) is 22.7 Å². The highest BCUT2D eigenvalue weighted by atomic mass is 19.1. The Bertz CT molecular complexity index is 1200. The first-order valence-electron chi connectivity index (χ1n) is 9.25. The van der Waals surface area contributed by atoms with Crippen LogP contribution in [0.1, 0.15) is 17.2 Å². The van der Waals surface area contributed by atoms with E-state index in [2.05, 4.69) is 0 Å². The molecule has 7 nitrogen and oxygen atoms in total. The molecule has 3 aromatic carbocycles. The fraction of sp³-hybridized carbons (Fsp3) is 0.0435. The molecule has 0 radical (unpaired) electrons. The lowest BCUT2D eigenvalue weighted by atomic mass is 9.95. The van der Waals surface area contributed by atoms with Gasteiger partial charge < -0.3 is 5.11 Å². The summed E-state index contributed by atoms with van der Waals surface area (Å²) in [5.41, 5.74) is 0.650. The lowest BCUT2D eigenvalue weighted by molar-refractivity contribution is -0.384. The third kappa shape index (κ3) is 3.55. The number of ketones is 1. The van der Waals surface area contributed by atoms with E-state index in [0.29, 0.717) is 11.1 Å². The van der Waals surface area contributed by atoms with Gasteiger partial charge in [0, 0.05) is 23.4 Å². The molecule has 3 aromatic rings. The second-order valence-corrected chi connectivity index (χ2v) is 6.86. The van der Waals surface area contributed by atoms with Gasteiger partial charge in [0.2, 0.25) is 0 Å². The van der Waals surface area contributed by atoms with Crippen LogP contribution in [0.3, 0.4) is 0 Å². The van der Waals surface area contributed by atoms with Crippen molar-refractivity contribution in [3.8, 4) is 0 Å². The number of anilines is 1. The van der Waals surface area contributed by atoms with Crippen LogP contribution in [0.4, 0.5) is 15.8 Å². The maximum absolute atomic E-state index is 13.4. The van der Waals surface area contributed by atoms with Crippen LogP contribution in [0.2, 0.25) is 0 Å². The molecule has 4 rings (SSSR count). The number of nitro benzene ring substituents is 1. The highest BCUT2D eigenvalue weighted by Gasteiger charge is 2.47. The molecule has 1 aliphatic heterocycles. The first-order chi connectivity index (χ1) is 14.9. The Morgan fingerprint density at radius 3 is 2.13 bits per heavy atom. The van der Waals surface area contributed by atoms with E-state index in [1.54, 1.807) is 30.3 Å². The number of benzene rings is 3. The molecule has 0 aromatic heterocycles. The van der Waals surface area contributed by atoms with Gasteiger partial charge in [-0.1, -0.05) is 30.3 Å². The van der Waals surface area contributed by atoms with Crippen molar-refractivity contribution in [2.45, 2.75) is 6.04 Å². The van der Waals surface area contributed by atoms with Gasteiger partial charge in [0.1, 0.15) is 11.6 Å². The zero-order valence-electron chi connectivity index (χ0n) is 15.9. The van der Waals surface area contributed by atoms with E-state index in [0.717, 1.165) is 17.0 Å². The fourth-order valence-corrected chi connectivity index (χ4v) is 3.55. The summed E-state index contributed by atoms with van der Waals surface area (Å²) in [6.45, 7) is 0. The smallest absolute Gasteiger partial charge is 0.300 e. The Hall–Kier alpha value is -4.33. The standard InChI is InChI=1S/C23H15FN2O5/c24-16-8-12-17(13-9-16)25-20(14-6-10-18(11-7-14)26(30)31)19(22(28)23(25)29)21(27)15-4-2-1-3-5-15/h1-13,20,27H/b21-19+/t20-/m0/s1. The zero-order valence-corrected chi connectivity index (χ0v) is 15.9. The van der Waals surface area contributed by atoms with Crippen LogP contribution in [-0.2, 0) is 9.59 Å². The molecule has 8 heteroatoms. The molecule has 0 aliphatic carbocycles. The Morgan fingerprint density at radius 2 is 1.55 bits per heavy atom. The molecule has 31 heavy (non-hydrogen) atoms. The summed E-state index contributed by atoms with van der Waals surface area (Å²) in [7, 11) is 0. The molecule has 1 N–H and O–H groups in total. The number of hydrogen-bond donors (Lipinski definition) is 1. The number of Topliss-reactive ketones (excluding diaryl/α,β-unsaturated/α-hetero) is 1. The van der Waals surface area contributed by atoms with E-state index >= 15 is 0 Å². The minimum absolute atomic E-state index is 0.158. The van der Waals surface area contributed by atoms with Crippen molar-refractivity contribution in [2.75, 3.05) is 4.90 Å². The van der Waals surface area contributed by atoms with Crippen molar-refractivity contribution < 1.29 is 24.0 Å². The molecular weight excluding hydrogens is 403 g/mol. The summed E-state index contributed by atoms with van der Waals surface area (Å²) in [5, 5.41) is 21.9. The quantitative estimate of drug-likeness (QED) is 0.223. The van der Waals surface area contributed by atoms with Crippen molar-refractivity contribution in [1.29, 1.82) is 0 Å². The van der Waals surface area contributed by atoms with Crippen molar-refractivity contribution in [2.24, 2.45) is 0 Å². The first kappa shape index (κ1) is 20.0. The second kappa shape index (κ2) is 7.83. The SMILES string of the molecule is O=C1C(=O)N(c2ccc(F)cc2)[C@@H](c2ccc([N+](=O)[O-])cc2)/C1=C(\O)c1ccccc1. The number of nitrogens with zero attached hydrogens (tertiary/aromatic N) is 2. The van der Waals surface area contributed by atoms with E-state index in [9.17, 15) is 29.2 Å². The lowest BCUT2D eigenvalue weighted by Gasteiger charge is -2.25. The fourth-order valence-electron chi connectivity index (χ4n) is 3.55. The Morgan fingerprint density at radius 1 is 0.935 bits per heavy atom. The molecule has 0 unspecified atom stereocenters. The summed E-state index contributed by atoms with van der Waals surface area (Å²) in [5.74, 6) is -2.69. The molecule has 0 saturated carbocycles. The highest BCUT2D eigenvalue weighted by Crippen LogP contribution is 2.42. The van der Waals surface area contributed by atoms with Gasteiger partial charge >= 0.3 is 0 Å². The monoisotopic (exact) mass is 418 g/mol. The predicted molar refractivity (Wildman–Crippen MR) is 111 cm³/mol. The van der Waals surface area contributed by atoms with Gasteiger partial charge in [-0.25, -0.2) is 4.39 Å². The molecule has 154 valence electrons. The minimum atomic E-state index is -1.05. The van der Waals surface area contributed by atoms with Crippen LogP contribution >= 0.6 is 0 Å². The molecule has 1 saturated heterocycles. The summed E-state index contributed by atoms with van der Waals surface area (Å²) in [6, 6.07) is 17.6. The van der Waals surface area contributed by atoms with Crippen LogP contribution in [0.15, 0.2) is 84.4 Å². The topological polar surface area (TPSA) is 101 Å². The predicted octanol–water partition coefficient (Wildman–Crippen LogP) is 4.36. The zero-order chi connectivity index (χ0) is 22.1. The van der Waals surface area contributed by atoms with Crippen LogP contribution in [0.5, 0.6) is 0 Å². The van der Waals surface area contributed by atoms with E-state index < -0.39 is 28.5 Å². The van der Waals surface area contributed by atoms with Crippen molar-refractivity contribution in [1.82, 2.24) is 0 Å². The summed E-state index contributed by atoms with van der Waals surface area (Å²) >= 11 is 0. The number of aliphatic hydroxyl groups excluding tert-OH is 1. The molecule has 1 fully saturated rings. The molecule has 1 atom stereocenters. The van der Waals surface area contributed by atoms with Gasteiger partial charge in [0.25, 0.3) is 17.4 Å². The Labute approximate surface area is 175 Å². The second-order valence-electron chi connectivity index (χ2n) is 6.86. The van der Waals surface area contributed by atoms with Crippen molar-refractivity contribution in [3.05, 3.63) is 111 Å². The normalized spacial score (nSPS) is 17.7. The third-order valence-corrected chi connectivity index (χ3v) is 5.02.